The number of benzene rings is 1. The molecule has 0 aromatic heterocycles. The van der Waals surface area contributed by atoms with E-state index in [0.29, 0.717) is 5.75 Å². The number of rotatable bonds is 6. The fourth-order valence-electron chi connectivity index (χ4n) is 3.01. The van der Waals surface area contributed by atoms with E-state index in [2.05, 4.69) is 22.9 Å². The number of amides is 1. The van der Waals surface area contributed by atoms with E-state index in [1.54, 1.807) is 19.3 Å². The van der Waals surface area contributed by atoms with Crippen LogP contribution >= 0.6 is 15.9 Å². The number of likely N-dealkylation sites (tertiary alicyclic amines) is 1. The summed E-state index contributed by atoms with van der Waals surface area (Å²) in [5.41, 5.74) is 0.752. The molecular formula is C19H24BrNO4. The highest BCUT2D eigenvalue weighted by Crippen LogP contribution is 2.24. The Balaban J connectivity index is 1.90. The van der Waals surface area contributed by atoms with Gasteiger partial charge in [0.1, 0.15) is 5.75 Å². The second kappa shape index (κ2) is 9.61. The Morgan fingerprint density at radius 2 is 2.16 bits per heavy atom. The minimum atomic E-state index is -0.541. The lowest BCUT2D eigenvalue weighted by molar-refractivity contribution is -0.150. The number of carbonyl (C=O) groups excluding carboxylic acids is 2. The van der Waals surface area contributed by atoms with Gasteiger partial charge in [0, 0.05) is 28.7 Å². The number of hydrogen-bond donors (Lipinski definition) is 0. The molecule has 0 bridgehead atoms. The van der Waals surface area contributed by atoms with Gasteiger partial charge in [-0.3, -0.25) is 4.79 Å². The van der Waals surface area contributed by atoms with Crippen LogP contribution in [0, 0.1) is 0 Å². The molecular weight excluding hydrogens is 386 g/mol. The van der Waals surface area contributed by atoms with E-state index >= 15 is 0 Å². The van der Waals surface area contributed by atoms with Crippen molar-refractivity contribution in [3.8, 4) is 5.75 Å². The van der Waals surface area contributed by atoms with Gasteiger partial charge in [0.05, 0.1) is 7.11 Å². The lowest BCUT2D eigenvalue weighted by Crippen LogP contribution is -2.45. The Morgan fingerprint density at radius 3 is 2.88 bits per heavy atom. The molecule has 6 heteroatoms. The molecule has 0 aliphatic carbocycles. The summed E-state index contributed by atoms with van der Waals surface area (Å²) in [5.74, 6) is -0.00352. The number of halogens is 1. The molecule has 0 unspecified atom stereocenters. The standard InChI is InChI=1S/C19H24BrNO4/c1-3-16-6-4-5-11-21(16)18(22)13-25-19(23)10-7-14-12-15(20)8-9-17(14)24-2/h7-10,12,16H,3-6,11,13H2,1-2H3/b10-7+/t16-/m1/s1. The zero-order valence-electron chi connectivity index (χ0n) is 14.7. The van der Waals surface area contributed by atoms with E-state index < -0.39 is 5.97 Å². The Morgan fingerprint density at radius 1 is 1.36 bits per heavy atom. The molecule has 0 spiro atoms. The molecule has 1 aliphatic heterocycles. The van der Waals surface area contributed by atoms with E-state index in [0.717, 1.165) is 42.3 Å². The largest absolute Gasteiger partial charge is 0.496 e. The molecule has 2 rings (SSSR count). The van der Waals surface area contributed by atoms with Crippen LogP contribution in [0.2, 0.25) is 0 Å². The number of carbonyl (C=O) groups is 2. The van der Waals surface area contributed by atoms with Crippen LogP contribution in [0.1, 0.15) is 38.2 Å². The molecule has 5 nitrogen and oxygen atoms in total. The van der Waals surface area contributed by atoms with Crippen molar-refractivity contribution in [3.05, 3.63) is 34.3 Å². The molecule has 1 aromatic rings. The Bertz CT molecular complexity index is 644. The average Bonchev–Trinajstić information content (AvgIpc) is 2.64. The second-order valence-electron chi connectivity index (χ2n) is 5.97. The third kappa shape index (κ3) is 5.59. The minimum absolute atomic E-state index is 0.117. The molecule has 136 valence electrons. The molecule has 1 fully saturated rings. The Labute approximate surface area is 157 Å². The number of methoxy groups -OCH3 is 1. The van der Waals surface area contributed by atoms with E-state index in [-0.39, 0.29) is 18.6 Å². The van der Waals surface area contributed by atoms with E-state index in [4.69, 9.17) is 9.47 Å². The molecule has 0 saturated carbocycles. The van der Waals surface area contributed by atoms with Crippen LogP contribution in [0.25, 0.3) is 6.08 Å². The van der Waals surface area contributed by atoms with E-state index in [9.17, 15) is 9.59 Å². The van der Waals surface area contributed by atoms with Crippen molar-refractivity contribution in [1.29, 1.82) is 0 Å². The number of ether oxygens (including phenoxy) is 2. The predicted octanol–water partition coefficient (Wildman–Crippen LogP) is 3.81. The van der Waals surface area contributed by atoms with Gasteiger partial charge in [-0.25, -0.2) is 4.79 Å². The van der Waals surface area contributed by atoms with Gasteiger partial charge in [-0.15, -0.1) is 0 Å². The van der Waals surface area contributed by atoms with Crippen molar-refractivity contribution in [2.75, 3.05) is 20.3 Å². The smallest absolute Gasteiger partial charge is 0.331 e. The van der Waals surface area contributed by atoms with Crippen molar-refractivity contribution in [1.82, 2.24) is 4.90 Å². The summed E-state index contributed by atoms with van der Waals surface area (Å²) in [7, 11) is 1.57. The summed E-state index contributed by atoms with van der Waals surface area (Å²) >= 11 is 3.38. The van der Waals surface area contributed by atoms with Gasteiger partial charge in [-0.2, -0.15) is 0 Å². The lowest BCUT2D eigenvalue weighted by Gasteiger charge is -2.35. The van der Waals surface area contributed by atoms with Crippen LogP contribution in [0.3, 0.4) is 0 Å². The average molecular weight is 410 g/mol. The Hall–Kier alpha value is -1.82. The number of hydrogen-bond acceptors (Lipinski definition) is 4. The first-order valence-corrected chi connectivity index (χ1v) is 9.32. The summed E-state index contributed by atoms with van der Waals surface area (Å²) in [6.45, 7) is 2.62. The van der Waals surface area contributed by atoms with Crippen LogP contribution < -0.4 is 4.74 Å². The maximum absolute atomic E-state index is 12.3. The molecule has 1 aromatic carbocycles. The van der Waals surface area contributed by atoms with Crippen molar-refractivity contribution in [3.63, 3.8) is 0 Å². The van der Waals surface area contributed by atoms with Crippen molar-refractivity contribution < 1.29 is 19.1 Å². The highest BCUT2D eigenvalue weighted by atomic mass is 79.9. The van der Waals surface area contributed by atoms with Crippen LogP contribution in [0.15, 0.2) is 28.7 Å². The predicted molar refractivity (Wildman–Crippen MR) is 100 cm³/mol. The number of piperidine rings is 1. The second-order valence-corrected chi connectivity index (χ2v) is 6.89. The topological polar surface area (TPSA) is 55.8 Å². The molecule has 1 aliphatic rings. The lowest BCUT2D eigenvalue weighted by atomic mass is 10.00. The van der Waals surface area contributed by atoms with Gasteiger partial charge >= 0.3 is 5.97 Å². The fraction of sp³-hybridized carbons (Fsp3) is 0.474. The highest BCUT2D eigenvalue weighted by Gasteiger charge is 2.25. The molecule has 0 N–H and O–H groups in total. The quantitative estimate of drug-likeness (QED) is 0.529. The van der Waals surface area contributed by atoms with Crippen LogP contribution in [-0.4, -0.2) is 43.1 Å². The fourth-order valence-corrected chi connectivity index (χ4v) is 3.39. The molecule has 0 radical (unpaired) electrons. The molecule has 1 atom stereocenters. The van der Waals surface area contributed by atoms with Crippen LogP contribution in [0.5, 0.6) is 5.75 Å². The molecule has 25 heavy (non-hydrogen) atoms. The van der Waals surface area contributed by atoms with Gasteiger partial charge in [0.2, 0.25) is 0 Å². The highest BCUT2D eigenvalue weighted by molar-refractivity contribution is 9.10. The van der Waals surface area contributed by atoms with Crippen molar-refractivity contribution >= 4 is 33.9 Å². The third-order valence-electron chi connectivity index (χ3n) is 4.35. The molecule has 1 heterocycles. The summed E-state index contributed by atoms with van der Waals surface area (Å²) in [6, 6.07) is 5.77. The van der Waals surface area contributed by atoms with Crippen molar-refractivity contribution in [2.45, 2.75) is 38.6 Å². The van der Waals surface area contributed by atoms with Crippen LogP contribution in [0.4, 0.5) is 0 Å². The first-order valence-electron chi connectivity index (χ1n) is 8.53. The van der Waals surface area contributed by atoms with E-state index in [1.807, 2.05) is 17.0 Å². The van der Waals surface area contributed by atoms with Gasteiger partial charge in [-0.05, 0) is 50.0 Å². The van der Waals surface area contributed by atoms with Gasteiger partial charge in [-0.1, -0.05) is 22.9 Å². The first kappa shape index (κ1) is 19.5. The summed E-state index contributed by atoms with van der Waals surface area (Å²) in [6.07, 6.45) is 7.05. The minimum Gasteiger partial charge on any atom is -0.496 e. The molecule has 1 saturated heterocycles. The zero-order chi connectivity index (χ0) is 18.2. The van der Waals surface area contributed by atoms with Crippen molar-refractivity contribution in [2.24, 2.45) is 0 Å². The SMILES string of the molecule is CC[C@@H]1CCCCN1C(=O)COC(=O)/C=C/c1cc(Br)ccc1OC. The molecule has 1 amide bonds. The van der Waals surface area contributed by atoms with Crippen LogP contribution in [-0.2, 0) is 14.3 Å². The first-order chi connectivity index (χ1) is 12.0. The zero-order valence-corrected chi connectivity index (χ0v) is 16.3. The Kier molecular flexibility index (Phi) is 7.50. The number of esters is 1. The number of nitrogens with zero attached hydrogens (tertiary/aromatic N) is 1. The maximum Gasteiger partial charge on any atom is 0.331 e. The monoisotopic (exact) mass is 409 g/mol. The van der Waals surface area contributed by atoms with Gasteiger partial charge in [0.15, 0.2) is 6.61 Å². The normalized spacial score (nSPS) is 17.6. The van der Waals surface area contributed by atoms with E-state index in [1.165, 1.54) is 6.08 Å². The van der Waals surface area contributed by atoms with Gasteiger partial charge < -0.3 is 14.4 Å². The summed E-state index contributed by atoms with van der Waals surface area (Å²) in [4.78, 5) is 26.0. The summed E-state index contributed by atoms with van der Waals surface area (Å²) < 4.78 is 11.2. The summed E-state index contributed by atoms with van der Waals surface area (Å²) in [5, 5.41) is 0. The third-order valence-corrected chi connectivity index (χ3v) is 4.84. The maximum atomic E-state index is 12.3. The van der Waals surface area contributed by atoms with Gasteiger partial charge in [0.25, 0.3) is 5.91 Å².